The van der Waals surface area contributed by atoms with Crippen LogP contribution in [-0.2, 0) is 14.4 Å². The third kappa shape index (κ3) is 2.69. The topological polar surface area (TPSA) is 69.7 Å². The minimum atomic E-state index is -0.413. The van der Waals surface area contributed by atoms with Crippen LogP contribution >= 0.6 is 0 Å². The molecule has 0 radical (unpaired) electrons. The van der Waals surface area contributed by atoms with Gasteiger partial charge in [0.2, 0.25) is 17.7 Å². The lowest BCUT2D eigenvalue weighted by Gasteiger charge is -2.28. The summed E-state index contributed by atoms with van der Waals surface area (Å²) in [6.07, 6.45) is 2.97. The van der Waals surface area contributed by atoms with E-state index >= 15 is 0 Å². The lowest BCUT2D eigenvalue weighted by atomic mass is 10.0. The molecule has 1 unspecified atom stereocenters. The Labute approximate surface area is 106 Å². The number of amides is 3. The van der Waals surface area contributed by atoms with E-state index in [4.69, 9.17) is 0 Å². The zero-order valence-corrected chi connectivity index (χ0v) is 10.8. The van der Waals surface area contributed by atoms with Crippen LogP contribution in [0.5, 0.6) is 0 Å². The number of carbonyl (C=O) groups excluding carboxylic acids is 3. The molecule has 2 aliphatic rings. The molecule has 1 aliphatic carbocycles. The molecule has 1 N–H and O–H groups in total. The van der Waals surface area contributed by atoms with E-state index < -0.39 is 6.04 Å². The molecule has 2 rings (SSSR count). The van der Waals surface area contributed by atoms with Gasteiger partial charge in [-0.15, -0.1) is 0 Å². The minimum Gasteiger partial charge on any atom is -0.342 e. The predicted molar refractivity (Wildman–Crippen MR) is 64.6 cm³/mol. The first kappa shape index (κ1) is 13.0. The number of piperidine rings is 1. The number of rotatable bonds is 4. The van der Waals surface area contributed by atoms with Crippen molar-refractivity contribution in [3.63, 3.8) is 0 Å². The Bertz CT molecular complexity index is 379. The largest absolute Gasteiger partial charge is 0.342 e. The highest BCUT2D eigenvalue weighted by atomic mass is 16.2. The van der Waals surface area contributed by atoms with Crippen molar-refractivity contribution in [1.82, 2.24) is 15.1 Å². The number of hydrogen-bond donors (Lipinski definition) is 1. The van der Waals surface area contributed by atoms with Crippen LogP contribution in [0.3, 0.4) is 0 Å². The first-order chi connectivity index (χ1) is 8.50. The fourth-order valence-electron chi connectivity index (χ4n) is 2.11. The van der Waals surface area contributed by atoms with Crippen molar-refractivity contribution in [3.05, 3.63) is 0 Å². The van der Waals surface area contributed by atoms with E-state index in [0.29, 0.717) is 18.9 Å². The van der Waals surface area contributed by atoms with E-state index in [2.05, 4.69) is 5.32 Å². The van der Waals surface area contributed by atoms with Gasteiger partial charge < -0.3 is 4.90 Å². The van der Waals surface area contributed by atoms with Gasteiger partial charge in [0.15, 0.2) is 0 Å². The molecule has 2 fully saturated rings. The molecule has 18 heavy (non-hydrogen) atoms. The van der Waals surface area contributed by atoms with E-state index in [-0.39, 0.29) is 24.3 Å². The molecule has 0 aromatic heterocycles. The van der Waals surface area contributed by atoms with Gasteiger partial charge in [-0.3, -0.25) is 24.6 Å². The van der Waals surface area contributed by atoms with Gasteiger partial charge in [0, 0.05) is 26.6 Å². The molecule has 6 heteroatoms. The Morgan fingerprint density at radius 3 is 2.67 bits per heavy atom. The monoisotopic (exact) mass is 253 g/mol. The summed E-state index contributed by atoms with van der Waals surface area (Å²) in [6.45, 7) is 0.158. The molecule has 1 aliphatic heterocycles. The average molecular weight is 253 g/mol. The smallest absolute Gasteiger partial charge is 0.246 e. The lowest BCUT2D eigenvalue weighted by Crippen LogP contribution is -2.53. The third-order valence-electron chi connectivity index (χ3n) is 3.64. The molecule has 1 heterocycles. The van der Waals surface area contributed by atoms with Gasteiger partial charge in [0.1, 0.15) is 0 Å². The molecule has 0 spiro atoms. The first-order valence-electron chi connectivity index (χ1n) is 6.30. The highest BCUT2D eigenvalue weighted by molar-refractivity contribution is 6.00. The van der Waals surface area contributed by atoms with Crippen LogP contribution in [0.4, 0.5) is 0 Å². The van der Waals surface area contributed by atoms with Crippen molar-refractivity contribution in [1.29, 1.82) is 0 Å². The van der Waals surface area contributed by atoms with Gasteiger partial charge in [-0.25, -0.2) is 0 Å². The van der Waals surface area contributed by atoms with E-state index in [1.165, 1.54) is 7.05 Å². The predicted octanol–water partition coefficient (Wildman–Crippen LogP) is -0.656. The molecule has 1 saturated carbocycles. The number of hydrogen-bond acceptors (Lipinski definition) is 4. The van der Waals surface area contributed by atoms with Crippen LogP contribution in [0.2, 0.25) is 0 Å². The van der Waals surface area contributed by atoms with Gasteiger partial charge in [-0.1, -0.05) is 0 Å². The molecular formula is C12H19N3O3. The summed E-state index contributed by atoms with van der Waals surface area (Å²) >= 11 is 0. The quantitative estimate of drug-likeness (QED) is 0.676. The van der Waals surface area contributed by atoms with Crippen molar-refractivity contribution in [2.75, 3.05) is 20.6 Å². The van der Waals surface area contributed by atoms with Crippen molar-refractivity contribution in [2.24, 2.45) is 0 Å². The fraction of sp³-hybridized carbons (Fsp3) is 0.750. The first-order valence-corrected chi connectivity index (χ1v) is 6.30. The molecule has 0 bridgehead atoms. The van der Waals surface area contributed by atoms with Crippen molar-refractivity contribution >= 4 is 17.7 Å². The number of likely N-dealkylation sites (tertiary alicyclic amines) is 1. The van der Waals surface area contributed by atoms with Crippen LogP contribution in [0.15, 0.2) is 0 Å². The number of likely N-dealkylation sites (N-methyl/N-ethyl adjacent to an activating group) is 2. The molecule has 0 aromatic carbocycles. The second-order valence-electron chi connectivity index (χ2n) is 5.00. The van der Waals surface area contributed by atoms with Crippen LogP contribution in [0.25, 0.3) is 0 Å². The minimum absolute atomic E-state index is 0.00449. The standard InChI is InChI=1S/C12H19N3O3/c1-14(8-3-4-8)11(17)7-13-9-5-6-10(16)15(2)12(9)18/h8-9,13H,3-7H2,1-2H3. The molecule has 1 atom stereocenters. The molecule has 1 saturated heterocycles. The second-order valence-corrected chi connectivity index (χ2v) is 5.00. The molecule has 0 aromatic rings. The van der Waals surface area contributed by atoms with Crippen LogP contribution in [0, 0.1) is 0 Å². The molecular weight excluding hydrogens is 234 g/mol. The fourth-order valence-corrected chi connectivity index (χ4v) is 2.11. The number of nitrogens with one attached hydrogen (secondary N) is 1. The van der Waals surface area contributed by atoms with Gasteiger partial charge in [0.05, 0.1) is 12.6 Å². The summed E-state index contributed by atoms with van der Waals surface area (Å²) in [4.78, 5) is 37.7. The zero-order valence-electron chi connectivity index (χ0n) is 10.8. The van der Waals surface area contributed by atoms with Gasteiger partial charge in [0.25, 0.3) is 0 Å². The van der Waals surface area contributed by atoms with Gasteiger partial charge in [-0.2, -0.15) is 0 Å². The second kappa shape index (κ2) is 5.06. The summed E-state index contributed by atoms with van der Waals surface area (Å²) < 4.78 is 0. The Morgan fingerprint density at radius 1 is 1.39 bits per heavy atom. The summed E-state index contributed by atoms with van der Waals surface area (Å²) in [5, 5.41) is 2.95. The molecule has 6 nitrogen and oxygen atoms in total. The number of nitrogens with zero attached hydrogens (tertiary/aromatic N) is 2. The third-order valence-corrected chi connectivity index (χ3v) is 3.64. The van der Waals surface area contributed by atoms with Gasteiger partial charge >= 0.3 is 0 Å². The van der Waals surface area contributed by atoms with Crippen LogP contribution in [-0.4, -0.2) is 60.2 Å². The summed E-state index contributed by atoms with van der Waals surface area (Å²) in [6, 6.07) is -0.0325. The van der Waals surface area contributed by atoms with E-state index in [0.717, 1.165) is 17.7 Å². The normalized spacial score (nSPS) is 24.3. The highest BCUT2D eigenvalue weighted by Crippen LogP contribution is 2.25. The molecule has 3 amide bonds. The SMILES string of the molecule is CN1C(=O)CCC(NCC(=O)N(C)C2CC2)C1=O. The summed E-state index contributed by atoms with van der Waals surface area (Å²) in [5.41, 5.74) is 0. The van der Waals surface area contributed by atoms with E-state index in [9.17, 15) is 14.4 Å². The van der Waals surface area contributed by atoms with E-state index in [1.807, 2.05) is 0 Å². The number of imide groups is 1. The van der Waals surface area contributed by atoms with Crippen LogP contribution in [0.1, 0.15) is 25.7 Å². The van der Waals surface area contributed by atoms with E-state index in [1.54, 1.807) is 11.9 Å². The Balaban J connectivity index is 1.81. The van der Waals surface area contributed by atoms with Crippen LogP contribution < -0.4 is 5.32 Å². The zero-order chi connectivity index (χ0) is 13.3. The van der Waals surface area contributed by atoms with Gasteiger partial charge in [-0.05, 0) is 19.3 Å². The highest BCUT2D eigenvalue weighted by Gasteiger charge is 2.33. The lowest BCUT2D eigenvalue weighted by molar-refractivity contribution is -0.148. The van der Waals surface area contributed by atoms with Crippen molar-refractivity contribution in [3.8, 4) is 0 Å². The maximum atomic E-state index is 11.8. The summed E-state index contributed by atoms with van der Waals surface area (Å²) in [7, 11) is 3.27. The van der Waals surface area contributed by atoms with Crippen molar-refractivity contribution < 1.29 is 14.4 Å². The summed E-state index contributed by atoms with van der Waals surface area (Å²) in [5.74, 6) is -0.391. The molecule has 100 valence electrons. The maximum absolute atomic E-state index is 11.8. The average Bonchev–Trinajstić information content (AvgIpc) is 3.18. The Morgan fingerprint density at radius 2 is 2.06 bits per heavy atom. The number of carbonyl (C=O) groups is 3. The Kier molecular flexibility index (Phi) is 3.65. The maximum Gasteiger partial charge on any atom is 0.246 e. The van der Waals surface area contributed by atoms with Crippen molar-refractivity contribution in [2.45, 2.75) is 37.8 Å². The Hall–Kier alpha value is -1.43.